The first-order valence-electron chi connectivity index (χ1n) is 6.15. The van der Waals surface area contributed by atoms with Gasteiger partial charge in [-0.15, -0.1) is 0 Å². The van der Waals surface area contributed by atoms with Crippen LogP contribution < -0.4 is 10.5 Å². The highest BCUT2D eigenvalue weighted by Crippen LogP contribution is 2.15. The average molecular weight is 312 g/mol. The van der Waals surface area contributed by atoms with E-state index in [1.165, 1.54) is 0 Å². The number of rotatable bonds is 5. The zero-order valence-corrected chi connectivity index (χ0v) is 11.8. The van der Waals surface area contributed by atoms with Gasteiger partial charge < -0.3 is 5.73 Å². The van der Waals surface area contributed by atoms with Crippen molar-refractivity contribution in [3.63, 3.8) is 0 Å². The largest absolute Gasteiger partial charge is 0.326 e. The summed E-state index contributed by atoms with van der Waals surface area (Å²) in [4.78, 5) is -0.327. The highest BCUT2D eigenvalue weighted by Gasteiger charge is 2.16. The third-order valence-electron chi connectivity index (χ3n) is 2.99. The first-order chi connectivity index (χ1) is 9.94. The smallest absolute Gasteiger partial charge is 0.240 e. The fourth-order valence-electron chi connectivity index (χ4n) is 1.83. The van der Waals surface area contributed by atoms with Crippen LogP contribution in [0, 0.1) is 11.6 Å². The van der Waals surface area contributed by atoms with Crippen molar-refractivity contribution < 1.29 is 17.2 Å². The molecule has 4 nitrogen and oxygen atoms in total. The van der Waals surface area contributed by atoms with Gasteiger partial charge in [0.1, 0.15) is 0 Å². The Morgan fingerprint density at radius 2 is 1.67 bits per heavy atom. The number of halogens is 2. The third kappa shape index (κ3) is 3.63. The van der Waals surface area contributed by atoms with Crippen LogP contribution in [0.15, 0.2) is 47.4 Å². The molecule has 112 valence electrons. The summed E-state index contributed by atoms with van der Waals surface area (Å²) in [5.74, 6) is -2.30. The van der Waals surface area contributed by atoms with E-state index in [0.29, 0.717) is 6.07 Å². The molecule has 0 atom stereocenters. The molecule has 0 aliphatic carbocycles. The molecule has 2 aromatic carbocycles. The normalized spacial score (nSPS) is 11.6. The van der Waals surface area contributed by atoms with E-state index >= 15 is 0 Å². The van der Waals surface area contributed by atoms with Gasteiger partial charge in [0.25, 0.3) is 0 Å². The molecule has 0 spiro atoms. The average Bonchev–Trinajstić information content (AvgIpc) is 2.48. The molecular formula is C14H14F2N2O2S. The Morgan fingerprint density at radius 1 is 1.00 bits per heavy atom. The van der Waals surface area contributed by atoms with E-state index in [9.17, 15) is 17.2 Å². The maximum Gasteiger partial charge on any atom is 0.240 e. The summed E-state index contributed by atoms with van der Waals surface area (Å²) in [5, 5.41) is 0. The molecule has 0 amide bonds. The van der Waals surface area contributed by atoms with Gasteiger partial charge >= 0.3 is 0 Å². The highest BCUT2D eigenvalue weighted by molar-refractivity contribution is 7.89. The number of hydrogen-bond acceptors (Lipinski definition) is 3. The monoisotopic (exact) mass is 312 g/mol. The minimum absolute atomic E-state index is 0.0225. The van der Waals surface area contributed by atoms with Crippen LogP contribution >= 0.6 is 0 Å². The zero-order chi connectivity index (χ0) is 15.5. The van der Waals surface area contributed by atoms with Crippen molar-refractivity contribution in [2.75, 3.05) is 0 Å². The van der Waals surface area contributed by atoms with Gasteiger partial charge in [-0.2, -0.15) is 0 Å². The van der Waals surface area contributed by atoms with E-state index in [-0.39, 0.29) is 18.0 Å². The van der Waals surface area contributed by atoms with Crippen LogP contribution in [0.1, 0.15) is 11.1 Å². The summed E-state index contributed by atoms with van der Waals surface area (Å²) in [5.41, 5.74) is 7.11. The quantitative estimate of drug-likeness (QED) is 0.886. The fourth-order valence-corrected chi connectivity index (χ4v) is 2.85. The maximum atomic E-state index is 13.1. The number of nitrogens with two attached hydrogens (primary N) is 1. The van der Waals surface area contributed by atoms with Crippen LogP contribution in [-0.4, -0.2) is 8.42 Å². The van der Waals surface area contributed by atoms with Crippen molar-refractivity contribution in [2.45, 2.75) is 18.0 Å². The minimum atomic E-state index is -3.92. The Kier molecular flexibility index (Phi) is 4.66. The highest BCUT2D eigenvalue weighted by atomic mass is 32.2. The predicted octanol–water partition coefficient (Wildman–Crippen LogP) is 1.90. The lowest BCUT2D eigenvalue weighted by atomic mass is 10.1. The number of benzene rings is 2. The van der Waals surface area contributed by atoms with Crippen LogP contribution in [0.2, 0.25) is 0 Å². The van der Waals surface area contributed by atoms with Gasteiger partial charge in [0.05, 0.1) is 4.90 Å². The second-order valence-corrected chi connectivity index (χ2v) is 6.14. The molecule has 3 N–H and O–H groups in total. The van der Waals surface area contributed by atoms with Crippen molar-refractivity contribution in [2.24, 2.45) is 5.73 Å². The van der Waals surface area contributed by atoms with Gasteiger partial charge in [0.2, 0.25) is 10.0 Å². The molecule has 0 unspecified atom stereocenters. The SMILES string of the molecule is NCc1ccccc1CNS(=O)(=O)c1ccc(F)c(F)c1. The van der Waals surface area contributed by atoms with E-state index < -0.39 is 21.7 Å². The summed E-state index contributed by atoms with van der Waals surface area (Å²) >= 11 is 0. The number of nitrogens with one attached hydrogen (secondary N) is 1. The third-order valence-corrected chi connectivity index (χ3v) is 4.39. The fraction of sp³-hybridized carbons (Fsp3) is 0.143. The second kappa shape index (κ2) is 6.30. The second-order valence-electron chi connectivity index (χ2n) is 4.37. The van der Waals surface area contributed by atoms with Crippen molar-refractivity contribution in [3.05, 3.63) is 65.2 Å². The molecule has 0 heterocycles. The summed E-state index contributed by atoms with van der Waals surface area (Å²) in [6.45, 7) is 0.303. The lowest BCUT2D eigenvalue weighted by molar-refractivity contribution is 0.504. The van der Waals surface area contributed by atoms with Crippen LogP contribution in [0.25, 0.3) is 0 Å². The lowest BCUT2D eigenvalue weighted by Gasteiger charge is -2.10. The zero-order valence-electron chi connectivity index (χ0n) is 11.0. The molecule has 2 rings (SSSR count). The van der Waals surface area contributed by atoms with Crippen molar-refractivity contribution in [1.29, 1.82) is 0 Å². The van der Waals surface area contributed by atoms with Crippen LogP contribution in [0.4, 0.5) is 8.78 Å². The summed E-state index contributed by atoms with van der Waals surface area (Å²) in [7, 11) is -3.92. The Bertz CT molecular complexity index is 748. The van der Waals surface area contributed by atoms with Crippen LogP contribution in [-0.2, 0) is 23.1 Å². The van der Waals surface area contributed by atoms with Gasteiger partial charge in [-0.1, -0.05) is 24.3 Å². The summed E-state index contributed by atoms with van der Waals surface area (Å²) in [6, 6.07) is 9.53. The van der Waals surface area contributed by atoms with Crippen LogP contribution in [0.3, 0.4) is 0 Å². The maximum absolute atomic E-state index is 13.1. The Morgan fingerprint density at radius 3 is 2.29 bits per heavy atom. The van der Waals surface area contributed by atoms with Gasteiger partial charge in [-0.25, -0.2) is 21.9 Å². The van der Waals surface area contributed by atoms with Gasteiger partial charge in [-0.05, 0) is 29.3 Å². The van der Waals surface area contributed by atoms with Crippen molar-refractivity contribution in [3.8, 4) is 0 Å². The number of hydrogen-bond donors (Lipinski definition) is 2. The van der Waals surface area contributed by atoms with Gasteiger partial charge in [0, 0.05) is 13.1 Å². The molecule has 0 radical (unpaired) electrons. The molecule has 0 aliphatic rings. The molecule has 0 fully saturated rings. The van der Waals surface area contributed by atoms with E-state index in [2.05, 4.69) is 4.72 Å². The topological polar surface area (TPSA) is 72.2 Å². The first kappa shape index (κ1) is 15.6. The molecular weight excluding hydrogens is 298 g/mol. The first-order valence-corrected chi connectivity index (χ1v) is 7.64. The number of sulfonamides is 1. The molecule has 0 aromatic heterocycles. The minimum Gasteiger partial charge on any atom is -0.326 e. The van der Waals surface area contributed by atoms with Crippen molar-refractivity contribution >= 4 is 10.0 Å². The Hall–Kier alpha value is -1.83. The molecule has 7 heteroatoms. The van der Waals surface area contributed by atoms with E-state index in [4.69, 9.17) is 5.73 Å². The molecule has 0 saturated heterocycles. The van der Waals surface area contributed by atoms with Crippen molar-refractivity contribution in [1.82, 2.24) is 4.72 Å². The Balaban J connectivity index is 2.20. The standard InChI is InChI=1S/C14H14F2N2O2S/c15-13-6-5-12(7-14(13)16)21(19,20)18-9-11-4-2-1-3-10(11)8-17/h1-7,18H,8-9,17H2. The Labute approximate surface area is 121 Å². The molecule has 0 bridgehead atoms. The molecule has 2 aromatic rings. The molecule has 21 heavy (non-hydrogen) atoms. The van der Waals surface area contributed by atoms with Gasteiger partial charge in [-0.3, -0.25) is 0 Å². The van der Waals surface area contributed by atoms with E-state index in [0.717, 1.165) is 23.3 Å². The van der Waals surface area contributed by atoms with Gasteiger partial charge in [0.15, 0.2) is 11.6 Å². The van der Waals surface area contributed by atoms with E-state index in [1.807, 2.05) is 0 Å². The summed E-state index contributed by atoms with van der Waals surface area (Å²) < 4.78 is 52.4. The molecule has 0 saturated carbocycles. The predicted molar refractivity (Wildman–Crippen MR) is 74.7 cm³/mol. The lowest BCUT2D eigenvalue weighted by Crippen LogP contribution is -2.24. The van der Waals surface area contributed by atoms with Crippen LogP contribution in [0.5, 0.6) is 0 Å². The summed E-state index contributed by atoms with van der Waals surface area (Å²) in [6.07, 6.45) is 0. The molecule has 0 aliphatic heterocycles. The van der Waals surface area contributed by atoms with E-state index in [1.54, 1.807) is 24.3 Å².